The summed E-state index contributed by atoms with van der Waals surface area (Å²) >= 11 is 0. The zero-order valence-corrected chi connectivity index (χ0v) is 20.7. The first kappa shape index (κ1) is 24.4. The molecule has 0 saturated heterocycles. The molecule has 1 unspecified atom stereocenters. The first-order chi connectivity index (χ1) is 14.0. The largest absolute Gasteiger partial charge is 0.469 e. The minimum absolute atomic E-state index is 0.0515. The van der Waals surface area contributed by atoms with Gasteiger partial charge in [-0.1, -0.05) is 74.9 Å². The fourth-order valence-electron chi connectivity index (χ4n) is 3.16. The molecule has 30 heavy (non-hydrogen) atoms. The number of esters is 1. The highest BCUT2D eigenvalue weighted by atomic mass is 28.4. The second-order valence-corrected chi connectivity index (χ2v) is 14.4. The zero-order valence-electron chi connectivity index (χ0n) is 19.7. The molecule has 3 nitrogen and oxygen atoms in total. The molecule has 2 rings (SSSR count). The topological polar surface area (TPSA) is 35.5 Å². The Bertz CT molecular complexity index is 802. The first-order valence-electron chi connectivity index (χ1n) is 10.9. The van der Waals surface area contributed by atoms with Crippen LogP contribution in [0.1, 0.15) is 63.7 Å². The van der Waals surface area contributed by atoms with Crippen molar-refractivity contribution in [3.63, 3.8) is 0 Å². The van der Waals surface area contributed by atoms with E-state index in [1.54, 1.807) is 0 Å². The van der Waals surface area contributed by atoms with Crippen LogP contribution in [-0.4, -0.2) is 21.4 Å². The van der Waals surface area contributed by atoms with Crippen LogP contribution in [0.3, 0.4) is 0 Å². The Morgan fingerprint density at radius 3 is 1.97 bits per heavy atom. The molecule has 0 aromatic heterocycles. The van der Waals surface area contributed by atoms with E-state index >= 15 is 0 Å². The van der Waals surface area contributed by atoms with Crippen molar-refractivity contribution in [3.8, 4) is 11.1 Å². The lowest BCUT2D eigenvalue weighted by Crippen LogP contribution is -2.41. The number of ether oxygens (including phenoxy) is 1. The third-order valence-electron chi connectivity index (χ3n) is 6.24. The monoisotopic (exact) mass is 426 g/mol. The third kappa shape index (κ3) is 6.81. The van der Waals surface area contributed by atoms with Gasteiger partial charge in [0.15, 0.2) is 8.32 Å². The smallest absolute Gasteiger partial charge is 0.305 e. The van der Waals surface area contributed by atoms with Crippen molar-refractivity contribution in [2.75, 3.05) is 7.11 Å². The molecule has 0 spiro atoms. The first-order valence-corrected chi connectivity index (χ1v) is 13.9. The van der Waals surface area contributed by atoms with Gasteiger partial charge in [-0.05, 0) is 61.0 Å². The summed E-state index contributed by atoms with van der Waals surface area (Å²) in [5.41, 5.74) is 4.93. The maximum atomic E-state index is 11.4. The number of benzene rings is 2. The van der Waals surface area contributed by atoms with Crippen LogP contribution in [0.5, 0.6) is 0 Å². The van der Waals surface area contributed by atoms with Crippen LogP contribution in [0.15, 0.2) is 48.5 Å². The highest BCUT2D eigenvalue weighted by Crippen LogP contribution is 2.41. The molecule has 0 radical (unpaired) electrons. The lowest BCUT2D eigenvalue weighted by Gasteiger charge is -2.39. The van der Waals surface area contributed by atoms with Crippen molar-refractivity contribution in [3.05, 3.63) is 59.7 Å². The standard InChI is InChI=1S/C26H38O3Si/c1-20-12-14-21(15-13-20)22-16-18-23(19-17-22)24(10-8-9-11-25(27)28-5)29-30(6,7)26(2,3)4/h12-19,24H,8-11H2,1-7H3. The number of methoxy groups -OCH3 is 1. The van der Waals surface area contributed by atoms with Gasteiger partial charge in [0.25, 0.3) is 0 Å². The Hall–Kier alpha value is -1.91. The predicted octanol–water partition coefficient (Wildman–Crippen LogP) is 7.46. The third-order valence-corrected chi connectivity index (χ3v) is 10.7. The molecule has 164 valence electrons. The number of hydrogen-bond acceptors (Lipinski definition) is 3. The predicted molar refractivity (Wildman–Crippen MR) is 128 cm³/mol. The minimum Gasteiger partial charge on any atom is -0.469 e. The summed E-state index contributed by atoms with van der Waals surface area (Å²) in [6, 6.07) is 17.4. The van der Waals surface area contributed by atoms with Crippen molar-refractivity contribution in [1.29, 1.82) is 0 Å². The zero-order chi connectivity index (χ0) is 22.4. The summed E-state index contributed by atoms with van der Waals surface area (Å²) in [6.07, 6.45) is 3.19. The van der Waals surface area contributed by atoms with Gasteiger partial charge < -0.3 is 9.16 Å². The van der Waals surface area contributed by atoms with Gasteiger partial charge in [-0.2, -0.15) is 0 Å². The molecule has 0 heterocycles. The van der Waals surface area contributed by atoms with Crippen LogP contribution < -0.4 is 0 Å². The lowest BCUT2D eigenvalue weighted by molar-refractivity contribution is -0.140. The second-order valence-electron chi connectivity index (χ2n) is 9.68. The van der Waals surface area contributed by atoms with Gasteiger partial charge in [0, 0.05) is 6.42 Å². The lowest BCUT2D eigenvalue weighted by atomic mass is 9.99. The van der Waals surface area contributed by atoms with E-state index in [0.717, 1.165) is 19.3 Å². The van der Waals surface area contributed by atoms with Gasteiger partial charge >= 0.3 is 5.97 Å². The Morgan fingerprint density at radius 1 is 0.933 bits per heavy atom. The molecular formula is C26H38O3Si. The second kappa shape index (κ2) is 10.4. The summed E-state index contributed by atoms with van der Waals surface area (Å²) in [5, 5.41) is 0.152. The average molecular weight is 427 g/mol. The van der Waals surface area contributed by atoms with Gasteiger partial charge in [0.05, 0.1) is 13.2 Å². The van der Waals surface area contributed by atoms with E-state index in [-0.39, 0.29) is 17.1 Å². The van der Waals surface area contributed by atoms with E-state index in [4.69, 9.17) is 9.16 Å². The molecular weight excluding hydrogens is 388 g/mol. The number of rotatable bonds is 9. The maximum Gasteiger partial charge on any atom is 0.305 e. The summed E-state index contributed by atoms with van der Waals surface area (Å²) in [5.74, 6) is -0.140. The Labute approximate surface area is 183 Å². The van der Waals surface area contributed by atoms with Gasteiger partial charge in [0.2, 0.25) is 0 Å². The average Bonchev–Trinajstić information content (AvgIpc) is 2.70. The molecule has 0 fully saturated rings. The van der Waals surface area contributed by atoms with Gasteiger partial charge in [0.1, 0.15) is 0 Å². The SMILES string of the molecule is COC(=O)CCCCC(O[Si](C)(C)C(C)(C)C)c1ccc(-c2ccc(C)cc2)cc1. The van der Waals surface area contributed by atoms with E-state index in [1.807, 2.05) is 0 Å². The summed E-state index contributed by atoms with van der Waals surface area (Å²) in [7, 11) is -0.469. The maximum absolute atomic E-state index is 11.4. The molecule has 0 aliphatic carbocycles. The highest BCUT2D eigenvalue weighted by molar-refractivity contribution is 6.74. The molecule has 0 aliphatic rings. The number of hydrogen-bond donors (Lipinski definition) is 0. The van der Waals surface area contributed by atoms with E-state index in [1.165, 1.54) is 29.4 Å². The molecule has 0 amide bonds. The van der Waals surface area contributed by atoms with E-state index in [2.05, 4.69) is 89.3 Å². The van der Waals surface area contributed by atoms with Crippen molar-refractivity contribution < 1.29 is 14.0 Å². The highest BCUT2D eigenvalue weighted by Gasteiger charge is 2.39. The van der Waals surface area contributed by atoms with Crippen molar-refractivity contribution in [2.45, 2.75) is 77.6 Å². The molecule has 0 aliphatic heterocycles. The van der Waals surface area contributed by atoms with Gasteiger partial charge in [-0.15, -0.1) is 0 Å². The van der Waals surface area contributed by atoms with Crippen molar-refractivity contribution in [2.24, 2.45) is 0 Å². The normalized spacial score (nSPS) is 13.2. The Balaban J connectivity index is 2.17. The minimum atomic E-state index is -1.92. The van der Waals surface area contributed by atoms with Crippen LogP contribution in [0.25, 0.3) is 11.1 Å². The van der Waals surface area contributed by atoms with Crippen LogP contribution in [0.2, 0.25) is 18.1 Å². The van der Waals surface area contributed by atoms with E-state index in [9.17, 15) is 4.79 Å². The Kier molecular flexibility index (Phi) is 8.45. The summed E-state index contributed by atoms with van der Waals surface area (Å²) in [4.78, 5) is 11.4. The van der Waals surface area contributed by atoms with Gasteiger partial charge in [-0.25, -0.2) is 0 Å². The molecule has 0 bridgehead atoms. The number of unbranched alkanes of at least 4 members (excludes halogenated alkanes) is 1. The van der Waals surface area contributed by atoms with E-state index in [0.29, 0.717) is 6.42 Å². The number of aryl methyl sites for hydroxylation is 1. The molecule has 4 heteroatoms. The molecule has 0 N–H and O–H groups in total. The fraction of sp³-hybridized carbons (Fsp3) is 0.500. The molecule has 2 aromatic carbocycles. The van der Waals surface area contributed by atoms with Gasteiger partial charge in [-0.3, -0.25) is 4.79 Å². The van der Waals surface area contributed by atoms with Crippen LogP contribution in [-0.2, 0) is 14.0 Å². The fourth-order valence-corrected chi connectivity index (χ4v) is 4.48. The van der Waals surface area contributed by atoms with Crippen molar-refractivity contribution in [1.82, 2.24) is 0 Å². The van der Waals surface area contributed by atoms with Crippen molar-refractivity contribution >= 4 is 14.3 Å². The quantitative estimate of drug-likeness (QED) is 0.237. The van der Waals surface area contributed by atoms with Crippen LogP contribution in [0, 0.1) is 6.92 Å². The molecule has 0 saturated carbocycles. The molecule has 1 atom stereocenters. The van der Waals surface area contributed by atoms with Crippen LogP contribution >= 0.6 is 0 Å². The Morgan fingerprint density at radius 2 is 1.47 bits per heavy atom. The summed E-state index contributed by atoms with van der Waals surface area (Å²) < 4.78 is 11.6. The van der Waals surface area contributed by atoms with E-state index < -0.39 is 8.32 Å². The van der Waals surface area contributed by atoms with Crippen LogP contribution in [0.4, 0.5) is 0 Å². The number of carbonyl (C=O) groups is 1. The molecule has 2 aromatic rings. The number of carbonyl (C=O) groups excluding carboxylic acids is 1. The summed E-state index contributed by atoms with van der Waals surface area (Å²) in [6.45, 7) is 13.5.